The third-order valence-corrected chi connectivity index (χ3v) is 10.2. The third kappa shape index (κ3) is 9.50. The van der Waals surface area contributed by atoms with Gasteiger partial charge in [0.2, 0.25) is 0 Å². The average Bonchev–Trinajstić information content (AvgIpc) is 3.87. The maximum atomic E-state index is 12.4. The second-order valence-electron chi connectivity index (χ2n) is 14.3. The van der Waals surface area contributed by atoms with Crippen molar-refractivity contribution in [2.75, 3.05) is 10.6 Å². The molecule has 6 aromatic heterocycles. The minimum absolute atomic E-state index is 0.141. The number of nitrogens with two attached hydrogens (primary N) is 1. The molecule has 0 spiro atoms. The number of hydrogen-bond donors (Lipinski definition) is 3. The number of nitrogens with one attached hydrogen (secondary N) is 2. The van der Waals surface area contributed by atoms with Crippen molar-refractivity contribution in [3.8, 4) is 22.5 Å². The Balaban J connectivity index is 0.000000177. The number of rotatable bonds is 11. The Morgan fingerprint density at radius 2 is 1.23 bits per heavy atom. The van der Waals surface area contributed by atoms with Crippen LogP contribution >= 0.6 is 0 Å². The van der Waals surface area contributed by atoms with Gasteiger partial charge < -0.3 is 20.9 Å². The molecule has 6 heterocycles. The fourth-order valence-corrected chi connectivity index (χ4v) is 6.32. The van der Waals surface area contributed by atoms with E-state index < -0.39 is 16.1 Å². The summed E-state index contributed by atoms with van der Waals surface area (Å²) in [5.74, 6) is 1.66. The molecule has 0 saturated carbocycles. The predicted molar refractivity (Wildman–Crippen MR) is 228 cm³/mol. The lowest BCUT2D eigenvalue weighted by molar-refractivity contribution is 0.562. The van der Waals surface area contributed by atoms with E-state index in [4.69, 9.17) is 15.7 Å². The van der Waals surface area contributed by atoms with Gasteiger partial charge in [0.25, 0.3) is 0 Å². The highest BCUT2D eigenvalue weighted by Gasteiger charge is 2.26. The van der Waals surface area contributed by atoms with E-state index in [0.29, 0.717) is 24.3 Å². The van der Waals surface area contributed by atoms with Gasteiger partial charge in [0.15, 0.2) is 11.3 Å². The highest BCUT2D eigenvalue weighted by molar-refractivity contribution is 7.91. The Hall–Kier alpha value is -6.48. The number of nitrogens with zero attached hydrogens (tertiary/aromatic N) is 9. The van der Waals surface area contributed by atoms with Crippen LogP contribution in [0.2, 0.25) is 0 Å². The number of fused-ring (bicyclic) bond motifs is 2. The van der Waals surface area contributed by atoms with Crippen molar-refractivity contribution in [1.82, 2.24) is 39.2 Å². The summed E-state index contributed by atoms with van der Waals surface area (Å²) >= 11 is -1.36. The summed E-state index contributed by atoms with van der Waals surface area (Å²) in [5, 5.41) is 15.9. The first-order chi connectivity index (χ1) is 27.6. The van der Waals surface area contributed by atoms with Gasteiger partial charge in [-0.25, -0.2) is 9.97 Å². The molecular formula is C43H44N12OS. The first kappa shape index (κ1) is 38.8. The minimum atomic E-state index is -1.36. The lowest BCUT2D eigenvalue weighted by Crippen LogP contribution is -2.25. The van der Waals surface area contributed by atoms with Crippen LogP contribution in [0.1, 0.15) is 56.0 Å². The van der Waals surface area contributed by atoms with Crippen LogP contribution in [-0.4, -0.2) is 54.7 Å². The summed E-state index contributed by atoms with van der Waals surface area (Å²) in [5.41, 5.74) is 15.1. The quantitative estimate of drug-likeness (QED) is 0.0873. The molecule has 0 radical (unpaired) electrons. The summed E-state index contributed by atoms with van der Waals surface area (Å²) in [7, 11) is 0. The first-order valence-electron chi connectivity index (χ1n) is 18.5. The van der Waals surface area contributed by atoms with Gasteiger partial charge in [-0.3, -0.25) is 9.97 Å². The molecule has 57 heavy (non-hydrogen) atoms. The molecule has 0 saturated heterocycles. The number of aromatic nitrogens is 8. The number of pyridine rings is 2. The van der Waals surface area contributed by atoms with E-state index in [9.17, 15) is 4.55 Å². The van der Waals surface area contributed by atoms with Crippen LogP contribution in [0.5, 0.6) is 0 Å². The van der Waals surface area contributed by atoms with Gasteiger partial charge in [0.05, 0.1) is 35.6 Å². The molecule has 2 aromatic carbocycles. The van der Waals surface area contributed by atoms with Crippen molar-refractivity contribution in [1.29, 1.82) is 0 Å². The molecule has 4 N–H and O–H groups in total. The van der Waals surface area contributed by atoms with Crippen LogP contribution in [0.15, 0.2) is 139 Å². The van der Waals surface area contributed by atoms with Crippen molar-refractivity contribution >= 4 is 40.5 Å². The normalized spacial score (nSPS) is 12.7. The highest BCUT2D eigenvalue weighted by atomic mass is 32.2. The van der Waals surface area contributed by atoms with Gasteiger partial charge in [-0.2, -0.15) is 19.2 Å². The van der Waals surface area contributed by atoms with Crippen LogP contribution < -0.4 is 16.4 Å². The van der Waals surface area contributed by atoms with Gasteiger partial charge in [0, 0.05) is 72.7 Å². The second-order valence-corrected chi connectivity index (χ2v) is 16.2. The van der Waals surface area contributed by atoms with E-state index in [2.05, 4.69) is 35.2 Å². The van der Waals surface area contributed by atoms with Gasteiger partial charge in [-0.15, -0.1) is 0 Å². The smallest absolute Gasteiger partial charge is 0.166 e. The highest BCUT2D eigenvalue weighted by Crippen LogP contribution is 2.27. The molecule has 0 aliphatic heterocycles. The maximum Gasteiger partial charge on any atom is 0.166 e. The van der Waals surface area contributed by atoms with Crippen molar-refractivity contribution in [2.24, 2.45) is 10.1 Å². The van der Waals surface area contributed by atoms with Crippen molar-refractivity contribution in [3.05, 3.63) is 156 Å². The standard InChI is InChI=1S/C23H24N6OS.C20H20N6/c1-23(2,3)31(30)27-16-19-15-26-29-21(25-14-17-8-7-11-24-13-17)12-20(28-22(19)29)18-9-5-4-6-10-18;1-14(21)17-13-24-26-19(23-12-15-6-5-9-22-11-15)10-18(25-20(17)26)16-7-3-2-4-8-16/h4-13,15-16,25H,14H2,1-3H3;2-11,13-14,23H,12,21H2,1H3. The molecule has 8 rings (SSSR count). The van der Waals surface area contributed by atoms with Crippen LogP contribution in [0.25, 0.3) is 33.8 Å². The van der Waals surface area contributed by atoms with Crippen LogP contribution in [0, 0.1) is 0 Å². The summed E-state index contributed by atoms with van der Waals surface area (Å²) in [6, 6.07) is 31.8. The summed E-state index contributed by atoms with van der Waals surface area (Å²) in [6.45, 7) is 8.86. The fraction of sp³-hybridized carbons (Fsp3) is 0.186. The zero-order valence-corrected chi connectivity index (χ0v) is 33.0. The predicted octanol–water partition coefficient (Wildman–Crippen LogP) is 7.71. The van der Waals surface area contributed by atoms with E-state index in [1.807, 2.05) is 142 Å². The van der Waals surface area contributed by atoms with E-state index in [1.54, 1.807) is 35.5 Å². The zero-order valence-electron chi connectivity index (χ0n) is 32.2. The van der Waals surface area contributed by atoms with E-state index >= 15 is 0 Å². The number of hydrogen-bond acceptors (Lipinski definition) is 11. The minimum Gasteiger partial charge on any atom is -0.591 e. The molecule has 13 nitrogen and oxygen atoms in total. The van der Waals surface area contributed by atoms with E-state index in [-0.39, 0.29) is 6.04 Å². The molecule has 0 aliphatic carbocycles. The Bertz CT molecular complexity index is 2550. The Labute approximate surface area is 334 Å². The summed E-state index contributed by atoms with van der Waals surface area (Å²) in [6.07, 6.45) is 12.3. The molecule has 0 aliphatic rings. The van der Waals surface area contributed by atoms with Crippen LogP contribution in [0.3, 0.4) is 0 Å². The van der Waals surface area contributed by atoms with Crippen molar-refractivity contribution in [3.63, 3.8) is 0 Å². The van der Waals surface area contributed by atoms with Crippen molar-refractivity contribution in [2.45, 2.75) is 51.6 Å². The Morgan fingerprint density at radius 3 is 1.72 bits per heavy atom. The molecular weight excluding hydrogens is 733 g/mol. The first-order valence-corrected chi connectivity index (χ1v) is 19.6. The SMILES string of the molecule is CC(C)(C)[S+]([O-])N=Cc1cnn2c(NCc3cccnc3)cc(-c3ccccc3)nc12.CC(N)c1cnn2c(NCc3cccnc3)cc(-c3ccccc3)nc12. The molecule has 8 aromatic rings. The van der Waals surface area contributed by atoms with Crippen LogP contribution in [0.4, 0.5) is 11.6 Å². The van der Waals surface area contributed by atoms with Crippen molar-refractivity contribution < 1.29 is 4.55 Å². The molecule has 0 bridgehead atoms. The van der Waals surface area contributed by atoms with Gasteiger partial charge in [0.1, 0.15) is 27.7 Å². The largest absolute Gasteiger partial charge is 0.591 e. The monoisotopic (exact) mass is 776 g/mol. The third-order valence-electron chi connectivity index (χ3n) is 8.83. The Kier molecular flexibility index (Phi) is 11.9. The maximum absolute atomic E-state index is 12.4. The number of benzene rings is 2. The molecule has 288 valence electrons. The van der Waals surface area contributed by atoms with E-state index in [1.165, 1.54) is 0 Å². The fourth-order valence-electron chi connectivity index (χ4n) is 5.79. The average molecular weight is 777 g/mol. The van der Waals surface area contributed by atoms with E-state index in [0.717, 1.165) is 56.5 Å². The van der Waals surface area contributed by atoms with Crippen LogP contribution in [-0.2, 0) is 24.5 Å². The molecule has 0 fully saturated rings. The summed E-state index contributed by atoms with van der Waals surface area (Å²) in [4.78, 5) is 18.0. The summed E-state index contributed by atoms with van der Waals surface area (Å²) < 4.78 is 19.7. The lowest BCUT2D eigenvalue weighted by Gasteiger charge is -2.17. The Morgan fingerprint density at radius 1 is 0.719 bits per heavy atom. The molecule has 0 amide bonds. The topological polar surface area (TPSA) is 172 Å². The van der Waals surface area contributed by atoms with Gasteiger partial charge >= 0.3 is 0 Å². The number of anilines is 2. The van der Waals surface area contributed by atoms with Gasteiger partial charge in [-0.05, 0) is 51.0 Å². The lowest BCUT2D eigenvalue weighted by atomic mass is 10.1. The second kappa shape index (κ2) is 17.5. The van der Waals surface area contributed by atoms with Gasteiger partial charge in [-0.1, -0.05) is 77.2 Å². The molecule has 2 unspecified atom stereocenters. The molecule has 2 atom stereocenters. The zero-order chi connectivity index (χ0) is 39.8. The molecule has 14 heteroatoms.